The average molecular weight is 262 g/mol. The summed E-state index contributed by atoms with van der Waals surface area (Å²) in [4.78, 5) is 24.9. The maximum Gasteiger partial charge on any atom is 0.255 e. The van der Waals surface area contributed by atoms with Crippen molar-refractivity contribution in [1.82, 2.24) is 10.2 Å². The molecule has 1 fully saturated rings. The Morgan fingerprint density at radius 1 is 1.33 bits per heavy atom. The zero-order chi connectivity index (χ0) is 13.9. The smallest absolute Gasteiger partial charge is 0.255 e. The van der Waals surface area contributed by atoms with Gasteiger partial charge in [0.2, 0.25) is 11.8 Å². The Morgan fingerprint density at radius 3 is 2.39 bits per heavy atom. The van der Waals surface area contributed by atoms with Gasteiger partial charge in [-0.1, -0.05) is 20.8 Å². The van der Waals surface area contributed by atoms with Gasteiger partial charge in [-0.05, 0) is 18.8 Å². The van der Waals surface area contributed by atoms with E-state index in [4.69, 9.17) is 0 Å². The quantitative estimate of drug-likeness (QED) is 0.814. The Kier molecular flexibility index (Phi) is 5.04. The van der Waals surface area contributed by atoms with Gasteiger partial charge in [0, 0.05) is 0 Å². The van der Waals surface area contributed by atoms with Crippen LogP contribution in [-0.4, -0.2) is 41.8 Å². The molecule has 1 N–H and O–H groups in total. The largest absolute Gasteiger partial charge is 0.343 e. The fourth-order valence-corrected chi connectivity index (χ4v) is 2.15. The molecule has 0 spiro atoms. The van der Waals surface area contributed by atoms with Crippen LogP contribution in [-0.2, 0) is 9.59 Å². The number of halogens is 2. The standard InChI is InChI=1S/C12H20F2N2O2/c1-4-8-12(18)16(6-10(13)14)9(5-7(2)3)11(17)15-8/h7-10H,4-6H2,1-3H3,(H,15,17). The van der Waals surface area contributed by atoms with Gasteiger partial charge in [-0.3, -0.25) is 9.59 Å². The first-order chi connectivity index (χ1) is 8.36. The highest BCUT2D eigenvalue weighted by molar-refractivity contribution is 5.96. The van der Waals surface area contributed by atoms with Crippen molar-refractivity contribution < 1.29 is 18.4 Å². The molecular weight excluding hydrogens is 242 g/mol. The highest BCUT2D eigenvalue weighted by Gasteiger charge is 2.40. The van der Waals surface area contributed by atoms with Gasteiger partial charge in [0.1, 0.15) is 12.1 Å². The lowest BCUT2D eigenvalue weighted by Crippen LogP contribution is -2.64. The molecule has 0 aromatic rings. The predicted molar refractivity (Wildman–Crippen MR) is 63.2 cm³/mol. The van der Waals surface area contributed by atoms with E-state index in [9.17, 15) is 18.4 Å². The Morgan fingerprint density at radius 2 is 1.94 bits per heavy atom. The second-order valence-electron chi connectivity index (χ2n) is 5.00. The molecule has 18 heavy (non-hydrogen) atoms. The lowest BCUT2D eigenvalue weighted by atomic mass is 9.97. The molecule has 2 amide bonds. The van der Waals surface area contributed by atoms with Crippen LogP contribution >= 0.6 is 0 Å². The van der Waals surface area contributed by atoms with Crippen LogP contribution in [0, 0.1) is 5.92 Å². The van der Waals surface area contributed by atoms with Gasteiger partial charge in [0.05, 0.1) is 6.54 Å². The topological polar surface area (TPSA) is 49.4 Å². The number of carbonyl (C=O) groups excluding carboxylic acids is 2. The summed E-state index contributed by atoms with van der Waals surface area (Å²) in [6.45, 7) is 4.86. The predicted octanol–water partition coefficient (Wildman–Crippen LogP) is 1.40. The first-order valence-corrected chi connectivity index (χ1v) is 6.25. The van der Waals surface area contributed by atoms with E-state index in [0.29, 0.717) is 12.8 Å². The average Bonchev–Trinajstić information content (AvgIpc) is 2.27. The van der Waals surface area contributed by atoms with Gasteiger partial charge in [0.25, 0.3) is 6.43 Å². The van der Waals surface area contributed by atoms with E-state index in [1.807, 2.05) is 13.8 Å². The van der Waals surface area contributed by atoms with Crippen molar-refractivity contribution in [2.24, 2.45) is 5.92 Å². The van der Waals surface area contributed by atoms with Gasteiger partial charge in [-0.2, -0.15) is 0 Å². The zero-order valence-electron chi connectivity index (χ0n) is 11.0. The fraction of sp³-hybridized carbons (Fsp3) is 0.833. The third-order valence-electron chi connectivity index (χ3n) is 3.01. The molecule has 1 rings (SSSR count). The van der Waals surface area contributed by atoms with Crippen LogP contribution < -0.4 is 5.32 Å². The van der Waals surface area contributed by atoms with Crippen LogP contribution in [0.3, 0.4) is 0 Å². The number of hydrogen-bond donors (Lipinski definition) is 1. The molecule has 1 heterocycles. The summed E-state index contributed by atoms with van der Waals surface area (Å²) < 4.78 is 25.1. The van der Waals surface area contributed by atoms with Crippen molar-refractivity contribution in [1.29, 1.82) is 0 Å². The number of nitrogens with one attached hydrogen (secondary N) is 1. The van der Waals surface area contributed by atoms with Crippen LogP contribution in [0.2, 0.25) is 0 Å². The van der Waals surface area contributed by atoms with Gasteiger partial charge in [-0.15, -0.1) is 0 Å². The summed E-state index contributed by atoms with van der Waals surface area (Å²) in [5.74, 6) is -0.564. The number of carbonyl (C=O) groups is 2. The number of piperazine rings is 1. The summed E-state index contributed by atoms with van der Waals surface area (Å²) in [6.07, 6.45) is -1.80. The van der Waals surface area contributed by atoms with Crippen molar-refractivity contribution in [3.63, 3.8) is 0 Å². The minimum atomic E-state index is -2.62. The Balaban J connectivity index is 2.90. The van der Waals surface area contributed by atoms with E-state index >= 15 is 0 Å². The monoisotopic (exact) mass is 262 g/mol. The molecule has 0 saturated carbocycles. The lowest BCUT2D eigenvalue weighted by Gasteiger charge is -2.39. The van der Waals surface area contributed by atoms with E-state index in [1.54, 1.807) is 6.92 Å². The molecule has 2 unspecified atom stereocenters. The van der Waals surface area contributed by atoms with Crippen LogP contribution in [0.4, 0.5) is 8.78 Å². The Hall–Kier alpha value is -1.20. The number of amides is 2. The summed E-state index contributed by atoms with van der Waals surface area (Å²) in [7, 11) is 0. The van der Waals surface area contributed by atoms with Crippen molar-refractivity contribution in [2.75, 3.05) is 6.54 Å². The maximum atomic E-state index is 12.5. The summed E-state index contributed by atoms with van der Waals surface area (Å²) in [5.41, 5.74) is 0. The SMILES string of the molecule is CCC1NC(=O)C(CC(C)C)N(CC(F)F)C1=O. The highest BCUT2D eigenvalue weighted by atomic mass is 19.3. The van der Waals surface area contributed by atoms with E-state index in [0.717, 1.165) is 4.90 Å². The Labute approximate surface area is 106 Å². The fourth-order valence-electron chi connectivity index (χ4n) is 2.15. The van der Waals surface area contributed by atoms with Gasteiger partial charge < -0.3 is 10.2 Å². The molecule has 2 atom stereocenters. The first-order valence-electron chi connectivity index (χ1n) is 6.25. The van der Waals surface area contributed by atoms with Crippen LogP contribution in [0.1, 0.15) is 33.6 Å². The van der Waals surface area contributed by atoms with Crippen molar-refractivity contribution in [3.8, 4) is 0 Å². The molecule has 0 radical (unpaired) electrons. The molecule has 1 aliphatic rings. The molecule has 0 aliphatic carbocycles. The second-order valence-corrected chi connectivity index (χ2v) is 5.00. The van der Waals surface area contributed by atoms with Crippen molar-refractivity contribution >= 4 is 11.8 Å². The van der Waals surface area contributed by atoms with E-state index < -0.39 is 31.0 Å². The summed E-state index contributed by atoms with van der Waals surface area (Å²) in [6, 6.07) is -1.44. The molecule has 1 aliphatic heterocycles. The summed E-state index contributed by atoms with van der Waals surface area (Å²) in [5, 5.41) is 2.60. The molecule has 0 aromatic heterocycles. The molecule has 104 valence electrons. The minimum Gasteiger partial charge on any atom is -0.343 e. The molecule has 0 bridgehead atoms. The van der Waals surface area contributed by atoms with Crippen molar-refractivity contribution in [2.45, 2.75) is 52.1 Å². The van der Waals surface area contributed by atoms with Crippen LogP contribution in [0.15, 0.2) is 0 Å². The zero-order valence-corrected chi connectivity index (χ0v) is 11.0. The highest BCUT2D eigenvalue weighted by Crippen LogP contribution is 2.19. The molecular formula is C12H20F2N2O2. The Bertz CT molecular complexity index is 321. The maximum absolute atomic E-state index is 12.5. The second kappa shape index (κ2) is 6.11. The summed E-state index contributed by atoms with van der Waals surface area (Å²) >= 11 is 0. The molecule has 1 saturated heterocycles. The first kappa shape index (κ1) is 14.9. The number of hydrogen-bond acceptors (Lipinski definition) is 2. The minimum absolute atomic E-state index is 0.159. The van der Waals surface area contributed by atoms with Gasteiger partial charge >= 0.3 is 0 Å². The molecule has 4 nitrogen and oxygen atoms in total. The van der Waals surface area contributed by atoms with E-state index in [2.05, 4.69) is 5.32 Å². The van der Waals surface area contributed by atoms with Crippen molar-refractivity contribution in [3.05, 3.63) is 0 Å². The normalized spacial score (nSPS) is 24.9. The van der Waals surface area contributed by atoms with E-state index in [1.165, 1.54) is 0 Å². The number of nitrogens with zero attached hydrogens (tertiary/aromatic N) is 1. The number of alkyl halides is 2. The van der Waals surface area contributed by atoms with Crippen LogP contribution in [0.25, 0.3) is 0 Å². The van der Waals surface area contributed by atoms with Crippen LogP contribution in [0.5, 0.6) is 0 Å². The third kappa shape index (κ3) is 3.40. The van der Waals surface area contributed by atoms with Gasteiger partial charge in [-0.25, -0.2) is 8.78 Å². The lowest BCUT2D eigenvalue weighted by molar-refractivity contribution is -0.152. The molecule has 6 heteroatoms. The molecule has 0 aromatic carbocycles. The van der Waals surface area contributed by atoms with Gasteiger partial charge in [0.15, 0.2) is 0 Å². The number of rotatable bonds is 5. The van der Waals surface area contributed by atoms with E-state index in [-0.39, 0.29) is 11.8 Å². The third-order valence-corrected chi connectivity index (χ3v) is 3.01.